The molecule has 1 aliphatic heterocycles. The molecule has 2 aliphatic rings. The van der Waals surface area contributed by atoms with Gasteiger partial charge in [-0.15, -0.1) is 0 Å². The number of rotatable bonds is 5. The maximum absolute atomic E-state index is 12.7. The van der Waals surface area contributed by atoms with Crippen LogP contribution in [0.2, 0.25) is 0 Å². The number of benzene rings is 1. The summed E-state index contributed by atoms with van der Waals surface area (Å²) in [4.78, 5) is 36.8. The second kappa shape index (κ2) is 7.72. The van der Waals surface area contributed by atoms with Crippen LogP contribution in [0.5, 0.6) is 0 Å². The van der Waals surface area contributed by atoms with Gasteiger partial charge in [0.05, 0.1) is 18.0 Å². The third-order valence-electron chi connectivity index (χ3n) is 5.15. The Morgan fingerprint density at radius 3 is 2.65 bits per heavy atom. The number of carbonyl (C=O) groups excluding carboxylic acids is 2. The predicted octanol–water partition coefficient (Wildman–Crippen LogP) is 2.58. The molecular weight excluding hydrogens is 338 g/mol. The Morgan fingerprint density at radius 1 is 1.27 bits per heavy atom. The SMILES string of the molecule is COC(=O)[C@H]1CC[C@@H](Nc2ccc([N+](=O)[O-])c(C(=O)N3CCCC3)c2)C1. The number of ether oxygens (including phenoxy) is 1. The largest absolute Gasteiger partial charge is 0.469 e. The Bertz CT molecular complexity index is 715. The minimum Gasteiger partial charge on any atom is -0.469 e. The molecule has 26 heavy (non-hydrogen) atoms. The molecular formula is C18H23N3O5. The van der Waals surface area contributed by atoms with Crippen molar-refractivity contribution in [2.24, 2.45) is 5.92 Å². The molecule has 1 N–H and O–H groups in total. The van der Waals surface area contributed by atoms with Gasteiger partial charge in [0.15, 0.2) is 0 Å². The minimum atomic E-state index is -0.518. The molecule has 1 saturated carbocycles. The highest BCUT2D eigenvalue weighted by Gasteiger charge is 2.31. The fourth-order valence-corrected chi connectivity index (χ4v) is 3.78. The van der Waals surface area contributed by atoms with Crippen LogP contribution in [0, 0.1) is 16.0 Å². The van der Waals surface area contributed by atoms with Crippen LogP contribution in [0.1, 0.15) is 42.5 Å². The predicted molar refractivity (Wildman–Crippen MR) is 95.0 cm³/mol. The number of nitro groups is 1. The lowest BCUT2D eigenvalue weighted by atomic mass is 10.1. The monoisotopic (exact) mass is 361 g/mol. The lowest BCUT2D eigenvalue weighted by molar-refractivity contribution is -0.385. The fraction of sp³-hybridized carbons (Fsp3) is 0.556. The summed E-state index contributed by atoms with van der Waals surface area (Å²) in [5.74, 6) is -0.624. The van der Waals surface area contributed by atoms with Crippen LogP contribution in [-0.4, -0.2) is 47.9 Å². The van der Waals surface area contributed by atoms with Gasteiger partial charge in [0.2, 0.25) is 0 Å². The summed E-state index contributed by atoms with van der Waals surface area (Å²) in [7, 11) is 1.38. The maximum Gasteiger partial charge on any atom is 0.308 e. The minimum absolute atomic E-state index is 0.0790. The molecule has 1 heterocycles. The highest BCUT2D eigenvalue weighted by atomic mass is 16.6. The summed E-state index contributed by atoms with van der Waals surface area (Å²) < 4.78 is 4.79. The molecule has 1 amide bonds. The van der Waals surface area contributed by atoms with Crippen LogP contribution >= 0.6 is 0 Å². The van der Waals surface area contributed by atoms with Crippen molar-refractivity contribution in [1.29, 1.82) is 0 Å². The van der Waals surface area contributed by atoms with E-state index in [0.29, 0.717) is 25.2 Å². The van der Waals surface area contributed by atoms with E-state index < -0.39 is 4.92 Å². The summed E-state index contributed by atoms with van der Waals surface area (Å²) in [6.45, 7) is 1.27. The van der Waals surface area contributed by atoms with Crippen LogP contribution in [0.3, 0.4) is 0 Å². The molecule has 1 aromatic carbocycles. The Labute approximate surface area is 151 Å². The first-order chi connectivity index (χ1) is 12.5. The molecule has 0 aromatic heterocycles. The van der Waals surface area contributed by atoms with Crippen molar-refractivity contribution in [3.63, 3.8) is 0 Å². The number of likely N-dealkylation sites (tertiary alicyclic amines) is 1. The molecule has 140 valence electrons. The third kappa shape index (κ3) is 3.79. The number of hydrogen-bond acceptors (Lipinski definition) is 6. The van der Waals surface area contributed by atoms with Gasteiger partial charge < -0.3 is 15.0 Å². The lowest BCUT2D eigenvalue weighted by Crippen LogP contribution is -2.28. The van der Waals surface area contributed by atoms with Gasteiger partial charge in [-0.3, -0.25) is 19.7 Å². The van der Waals surface area contributed by atoms with Gasteiger partial charge >= 0.3 is 5.97 Å². The van der Waals surface area contributed by atoms with Gasteiger partial charge in [-0.05, 0) is 44.2 Å². The van der Waals surface area contributed by atoms with E-state index in [2.05, 4.69) is 5.32 Å². The average molecular weight is 361 g/mol. The van der Waals surface area contributed by atoms with Gasteiger partial charge in [0.25, 0.3) is 11.6 Å². The number of methoxy groups -OCH3 is 1. The summed E-state index contributed by atoms with van der Waals surface area (Å²) in [5.41, 5.74) is 0.601. The molecule has 0 unspecified atom stereocenters. The smallest absolute Gasteiger partial charge is 0.308 e. The van der Waals surface area contributed by atoms with Gasteiger partial charge in [0.1, 0.15) is 5.56 Å². The van der Waals surface area contributed by atoms with E-state index in [1.807, 2.05) is 0 Å². The molecule has 8 heteroatoms. The molecule has 1 aromatic rings. The summed E-state index contributed by atoms with van der Waals surface area (Å²) in [5, 5.41) is 14.6. The molecule has 2 fully saturated rings. The summed E-state index contributed by atoms with van der Waals surface area (Å²) in [6, 6.07) is 4.63. The van der Waals surface area contributed by atoms with Crippen LogP contribution in [0.15, 0.2) is 18.2 Å². The first-order valence-electron chi connectivity index (χ1n) is 8.91. The third-order valence-corrected chi connectivity index (χ3v) is 5.15. The molecule has 0 radical (unpaired) electrons. The zero-order valence-electron chi connectivity index (χ0n) is 14.8. The molecule has 1 aliphatic carbocycles. The number of nitrogens with zero attached hydrogens (tertiary/aromatic N) is 2. The first-order valence-corrected chi connectivity index (χ1v) is 8.91. The number of carbonyl (C=O) groups is 2. The Balaban J connectivity index is 1.76. The Morgan fingerprint density at radius 2 is 2.00 bits per heavy atom. The number of nitrogens with one attached hydrogen (secondary N) is 1. The van der Waals surface area contributed by atoms with Crippen LogP contribution in [0.25, 0.3) is 0 Å². The van der Waals surface area contributed by atoms with Crippen LogP contribution in [0.4, 0.5) is 11.4 Å². The van der Waals surface area contributed by atoms with Gasteiger partial charge in [-0.25, -0.2) is 0 Å². The van der Waals surface area contributed by atoms with Crippen LogP contribution in [-0.2, 0) is 9.53 Å². The molecule has 2 atom stereocenters. The highest BCUT2D eigenvalue weighted by Crippen LogP contribution is 2.31. The van der Waals surface area contributed by atoms with Gasteiger partial charge in [-0.1, -0.05) is 0 Å². The zero-order valence-corrected chi connectivity index (χ0v) is 14.8. The fourth-order valence-electron chi connectivity index (χ4n) is 3.78. The van der Waals surface area contributed by atoms with Gasteiger partial charge in [0, 0.05) is 30.9 Å². The van der Waals surface area contributed by atoms with Crippen molar-refractivity contribution in [2.45, 2.75) is 38.1 Å². The topological polar surface area (TPSA) is 102 Å². The summed E-state index contributed by atoms with van der Waals surface area (Å²) >= 11 is 0. The van der Waals surface area contributed by atoms with E-state index in [1.54, 1.807) is 17.0 Å². The second-order valence-corrected chi connectivity index (χ2v) is 6.86. The van der Waals surface area contributed by atoms with Crippen molar-refractivity contribution in [3.8, 4) is 0 Å². The normalized spacial score (nSPS) is 22.3. The Kier molecular flexibility index (Phi) is 5.39. The molecule has 8 nitrogen and oxygen atoms in total. The number of esters is 1. The molecule has 0 spiro atoms. The average Bonchev–Trinajstić information content (AvgIpc) is 3.32. The molecule has 3 rings (SSSR count). The maximum atomic E-state index is 12.7. The van der Waals surface area contributed by atoms with Crippen molar-refractivity contribution in [2.75, 3.05) is 25.5 Å². The lowest BCUT2D eigenvalue weighted by Gasteiger charge is -2.18. The standard InChI is InChI=1S/C18H23N3O5/c1-26-18(23)12-4-5-13(10-12)19-14-6-7-16(21(24)25)15(11-14)17(22)20-8-2-3-9-20/h6-7,11-13,19H,2-5,8-10H2,1H3/t12-,13+/m0/s1. The van der Waals surface area contributed by atoms with E-state index in [0.717, 1.165) is 25.7 Å². The van der Waals surface area contributed by atoms with E-state index in [9.17, 15) is 19.7 Å². The van der Waals surface area contributed by atoms with Crippen molar-refractivity contribution in [3.05, 3.63) is 33.9 Å². The molecule has 1 saturated heterocycles. The molecule has 0 bridgehead atoms. The van der Waals surface area contributed by atoms with Crippen molar-refractivity contribution >= 4 is 23.3 Å². The van der Waals surface area contributed by atoms with E-state index in [4.69, 9.17) is 4.74 Å². The summed E-state index contributed by atoms with van der Waals surface area (Å²) in [6.07, 6.45) is 4.06. The number of amides is 1. The van der Waals surface area contributed by atoms with Crippen molar-refractivity contribution in [1.82, 2.24) is 4.90 Å². The van der Waals surface area contributed by atoms with Crippen LogP contribution < -0.4 is 5.32 Å². The van der Waals surface area contributed by atoms with E-state index in [-0.39, 0.29) is 35.1 Å². The van der Waals surface area contributed by atoms with Gasteiger partial charge in [-0.2, -0.15) is 0 Å². The number of nitro benzene ring substituents is 1. The van der Waals surface area contributed by atoms with E-state index in [1.165, 1.54) is 13.2 Å². The van der Waals surface area contributed by atoms with Crippen molar-refractivity contribution < 1.29 is 19.2 Å². The quantitative estimate of drug-likeness (QED) is 0.491. The zero-order chi connectivity index (χ0) is 18.7. The number of anilines is 1. The second-order valence-electron chi connectivity index (χ2n) is 6.86. The number of hydrogen-bond donors (Lipinski definition) is 1. The van der Waals surface area contributed by atoms with E-state index >= 15 is 0 Å². The first kappa shape index (κ1) is 18.2. The highest BCUT2D eigenvalue weighted by molar-refractivity contribution is 5.99. The Hall–Kier alpha value is -2.64.